The molecule has 3 aromatic carbocycles. The van der Waals surface area contributed by atoms with E-state index in [1.807, 2.05) is 48.5 Å². The summed E-state index contributed by atoms with van der Waals surface area (Å²) in [5.41, 5.74) is 5.40. The second kappa shape index (κ2) is 10.2. The average Bonchev–Trinajstić information content (AvgIpc) is 2.75. The molecule has 3 aromatic rings. The number of rotatable bonds is 8. The maximum absolute atomic E-state index is 13.5. The fourth-order valence-corrected chi connectivity index (χ4v) is 3.71. The number of carbonyl (C=O) groups excluding carboxylic acids is 1. The molecule has 0 saturated heterocycles. The van der Waals surface area contributed by atoms with Crippen LogP contribution in [0.15, 0.2) is 78.9 Å². The van der Waals surface area contributed by atoms with Crippen molar-refractivity contribution in [2.45, 2.75) is 52.1 Å². The summed E-state index contributed by atoms with van der Waals surface area (Å²) in [6, 6.07) is 26.0. The first kappa shape index (κ1) is 21.8. The van der Waals surface area contributed by atoms with Crippen LogP contribution in [-0.2, 0) is 11.3 Å². The molecular formula is C27H32N2O. The van der Waals surface area contributed by atoms with Crippen LogP contribution in [-0.4, -0.2) is 5.91 Å². The number of benzene rings is 3. The fourth-order valence-electron chi connectivity index (χ4n) is 3.71. The molecular weight excluding hydrogens is 368 g/mol. The molecule has 156 valence electrons. The van der Waals surface area contributed by atoms with Crippen molar-refractivity contribution in [2.75, 3.05) is 5.32 Å². The van der Waals surface area contributed by atoms with Gasteiger partial charge in [-0.15, -0.1) is 0 Å². The van der Waals surface area contributed by atoms with Crippen LogP contribution >= 0.6 is 0 Å². The van der Waals surface area contributed by atoms with Crippen LogP contribution < -0.4 is 10.6 Å². The quantitative estimate of drug-likeness (QED) is 0.459. The van der Waals surface area contributed by atoms with Crippen LogP contribution in [0.25, 0.3) is 0 Å². The number of hydrogen-bond donors (Lipinski definition) is 2. The second-order valence-corrected chi connectivity index (χ2v) is 8.32. The number of amides is 1. The Kier molecular flexibility index (Phi) is 7.42. The van der Waals surface area contributed by atoms with Gasteiger partial charge >= 0.3 is 0 Å². The summed E-state index contributed by atoms with van der Waals surface area (Å²) in [4.78, 5) is 13.5. The zero-order valence-corrected chi connectivity index (χ0v) is 18.4. The zero-order chi connectivity index (χ0) is 21.5. The Hall–Kier alpha value is -2.91. The molecule has 0 fully saturated rings. The van der Waals surface area contributed by atoms with Crippen LogP contribution in [0.3, 0.4) is 0 Å². The Morgan fingerprint density at radius 3 is 1.80 bits per heavy atom. The minimum Gasteiger partial charge on any atom is -0.324 e. The van der Waals surface area contributed by atoms with E-state index >= 15 is 0 Å². The predicted molar refractivity (Wildman–Crippen MR) is 126 cm³/mol. The van der Waals surface area contributed by atoms with E-state index in [9.17, 15) is 4.79 Å². The first-order chi connectivity index (χ1) is 14.5. The Labute approximate surface area is 180 Å². The van der Waals surface area contributed by atoms with Crippen LogP contribution in [0.2, 0.25) is 0 Å². The van der Waals surface area contributed by atoms with Crippen molar-refractivity contribution in [1.29, 1.82) is 0 Å². The van der Waals surface area contributed by atoms with Gasteiger partial charge in [-0.3, -0.25) is 10.1 Å². The normalized spacial score (nSPS) is 12.2. The Balaban J connectivity index is 1.90. The van der Waals surface area contributed by atoms with Crippen LogP contribution in [0.5, 0.6) is 0 Å². The van der Waals surface area contributed by atoms with Crippen molar-refractivity contribution in [3.8, 4) is 0 Å². The highest BCUT2D eigenvalue weighted by atomic mass is 16.2. The molecule has 0 heterocycles. The van der Waals surface area contributed by atoms with E-state index in [4.69, 9.17) is 0 Å². The van der Waals surface area contributed by atoms with E-state index in [1.54, 1.807) is 0 Å². The molecule has 0 aliphatic heterocycles. The molecule has 0 spiro atoms. The largest absolute Gasteiger partial charge is 0.324 e. The standard InChI is InChI=1S/C27H32N2O/c1-19(2)23-16-11-17-24(20(3)4)26(23)29-27(30)25(22-14-9-6-10-15-22)28-18-21-12-7-5-8-13-21/h5-17,19-20,25,28H,18H2,1-4H3,(H,29,30). The molecule has 3 rings (SSSR count). The number of nitrogens with one attached hydrogen (secondary N) is 2. The molecule has 3 nitrogen and oxygen atoms in total. The van der Waals surface area contributed by atoms with Gasteiger partial charge in [0.05, 0.1) is 0 Å². The second-order valence-electron chi connectivity index (χ2n) is 8.32. The summed E-state index contributed by atoms with van der Waals surface area (Å²) in [6.07, 6.45) is 0. The number of carbonyl (C=O) groups is 1. The summed E-state index contributed by atoms with van der Waals surface area (Å²) in [5, 5.41) is 6.73. The number of anilines is 1. The zero-order valence-electron chi connectivity index (χ0n) is 18.4. The smallest absolute Gasteiger partial charge is 0.246 e. The lowest BCUT2D eigenvalue weighted by Crippen LogP contribution is -2.33. The Bertz CT molecular complexity index is 923. The third kappa shape index (κ3) is 5.37. The van der Waals surface area contributed by atoms with Gasteiger partial charge in [-0.1, -0.05) is 107 Å². The van der Waals surface area contributed by atoms with E-state index in [1.165, 1.54) is 11.1 Å². The molecule has 0 aliphatic carbocycles. The van der Waals surface area contributed by atoms with Crippen molar-refractivity contribution in [1.82, 2.24) is 5.32 Å². The van der Waals surface area contributed by atoms with Gasteiger partial charge in [0.15, 0.2) is 0 Å². The van der Waals surface area contributed by atoms with Gasteiger partial charge in [0.1, 0.15) is 6.04 Å². The first-order valence-corrected chi connectivity index (χ1v) is 10.7. The Morgan fingerprint density at radius 2 is 1.27 bits per heavy atom. The van der Waals surface area contributed by atoms with Gasteiger partial charge in [0.25, 0.3) is 0 Å². The summed E-state index contributed by atoms with van der Waals surface area (Å²) in [6.45, 7) is 9.28. The SMILES string of the molecule is CC(C)c1cccc(C(C)C)c1NC(=O)C(NCc1ccccc1)c1ccccc1. The van der Waals surface area contributed by atoms with Crippen molar-refractivity contribution < 1.29 is 4.79 Å². The van der Waals surface area contributed by atoms with Gasteiger partial charge in [-0.2, -0.15) is 0 Å². The van der Waals surface area contributed by atoms with E-state index in [2.05, 4.69) is 68.7 Å². The van der Waals surface area contributed by atoms with Crippen molar-refractivity contribution in [3.63, 3.8) is 0 Å². The summed E-state index contributed by atoms with van der Waals surface area (Å²) >= 11 is 0. The predicted octanol–water partition coefficient (Wildman–Crippen LogP) is 6.40. The third-order valence-corrected chi connectivity index (χ3v) is 5.37. The van der Waals surface area contributed by atoms with Crippen molar-refractivity contribution >= 4 is 11.6 Å². The molecule has 30 heavy (non-hydrogen) atoms. The van der Waals surface area contributed by atoms with Gasteiger partial charge in [-0.05, 0) is 34.1 Å². The van der Waals surface area contributed by atoms with E-state index in [0.717, 1.165) is 16.8 Å². The number of para-hydroxylation sites is 1. The summed E-state index contributed by atoms with van der Waals surface area (Å²) < 4.78 is 0. The monoisotopic (exact) mass is 400 g/mol. The fraction of sp³-hybridized carbons (Fsp3) is 0.296. The average molecular weight is 401 g/mol. The van der Waals surface area contributed by atoms with Gasteiger partial charge in [-0.25, -0.2) is 0 Å². The molecule has 1 amide bonds. The highest BCUT2D eigenvalue weighted by Gasteiger charge is 2.23. The number of hydrogen-bond acceptors (Lipinski definition) is 2. The molecule has 0 bridgehead atoms. The van der Waals surface area contributed by atoms with Gasteiger partial charge < -0.3 is 5.32 Å². The van der Waals surface area contributed by atoms with Crippen LogP contribution in [0.4, 0.5) is 5.69 Å². The van der Waals surface area contributed by atoms with Crippen molar-refractivity contribution in [3.05, 3.63) is 101 Å². The Morgan fingerprint density at radius 1 is 0.733 bits per heavy atom. The molecule has 1 atom stereocenters. The lowest BCUT2D eigenvalue weighted by Gasteiger charge is -2.24. The summed E-state index contributed by atoms with van der Waals surface area (Å²) in [7, 11) is 0. The van der Waals surface area contributed by atoms with E-state index < -0.39 is 6.04 Å². The van der Waals surface area contributed by atoms with Crippen LogP contribution in [0, 0.1) is 0 Å². The molecule has 0 saturated carbocycles. The van der Waals surface area contributed by atoms with E-state index in [-0.39, 0.29) is 5.91 Å². The van der Waals surface area contributed by atoms with Gasteiger partial charge in [0, 0.05) is 12.2 Å². The molecule has 2 N–H and O–H groups in total. The molecule has 0 aliphatic rings. The maximum atomic E-state index is 13.5. The van der Waals surface area contributed by atoms with Gasteiger partial charge in [0.2, 0.25) is 5.91 Å². The molecule has 0 radical (unpaired) electrons. The molecule has 3 heteroatoms. The lowest BCUT2D eigenvalue weighted by atomic mass is 9.92. The van der Waals surface area contributed by atoms with Crippen LogP contribution in [0.1, 0.15) is 67.8 Å². The minimum absolute atomic E-state index is 0.0351. The molecule has 1 unspecified atom stereocenters. The lowest BCUT2D eigenvalue weighted by molar-refractivity contribution is -0.118. The van der Waals surface area contributed by atoms with Crippen molar-refractivity contribution in [2.24, 2.45) is 0 Å². The summed E-state index contributed by atoms with van der Waals surface area (Å²) in [5.74, 6) is 0.616. The topological polar surface area (TPSA) is 41.1 Å². The highest BCUT2D eigenvalue weighted by molar-refractivity contribution is 5.97. The highest BCUT2D eigenvalue weighted by Crippen LogP contribution is 2.33. The van der Waals surface area contributed by atoms with E-state index in [0.29, 0.717) is 18.4 Å². The maximum Gasteiger partial charge on any atom is 0.246 e. The minimum atomic E-state index is -0.438. The third-order valence-electron chi connectivity index (χ3n) is 5.37. The molecule has 0 aromatic heterocycles. The first-order valence-electron chi connectivity index (χ1n) is 10.7.